The molecule has 26 heavy (non-hydrogen) atoms. The van der Waals surface area contributed by atoms with Crippen molar-refractivity contribution in [3.05, 3.63) is 18.2 Å². The smallest absolute Gasteiger partial charge is 0.227 e. The standard InChI is InChI=1S/C19H27N3O3.ClH/c1-25-17-9-8-14(12-16(17)22-10-3-2-7-19(22)24)21-18(23)11-13-5-4-6-15(13)20;/h8-9,12-13,15H,2-7,10-11,20H2,1H3,(H,21,23);1H/t13-,15+;/m0./s1. The first kappa shape index (κ1) is 20.5. The maximum Gasteiger partial charge on any atom is 0.227 e. The van der Waals surface area contributed by atoms with E-state index in [1.165, 1.54) is 0 Å². The van der Waals surface area contributed by atoms with Crippen LogP contribution >= 0.6 is 12.4 Å². The number of nitrogens with one attached hydrogen (secondary N) is 1. The van der Waals surface area contributed by atoms with Gasteiger partial charge >= 0.3 is 0 Å². The Morgan fingerprint density at radius 3 is 2.77 bits per heavy atom. The predicted molar refractivity (Wildman–Crippen MR) is 105 cm³/mol. The van der Waals surface area contributed by atoms with E-state index >= 15 is 0 Å². The molecule has 0 aromatic heterocycles. The van der Waals surface area contributed by atoms with Crippen LogP contribution in [0.25, 0.3) is 0 Å². The zero-order valence-electron chi connectivity index (χ0n) is 15.2. The van der Waals surface area contributed by atoms with Gasteiger partial charge in [-0.1, -0.05) is 6.42 Å². The third-order valence-corrected chi connectivity index (χ3v) is 5.24. The SMILES string of the molecule is COc1ccc(NC(=O)C[C@@H]2CCC[C@H]2N)cc1N1CCCCC1=O.Cl. The van der Waals surface area contributed by atoms with E-state index in [4.69, 9.17) is 10.5 Å². The number of methoxy groups -OCH3 is 1. The predicted octanol–water partition coefficient (Wildman–Crippen LogP) is 3.09. The number of halogens is 1. The van der Waals surface area contributed by atoms with Crippen LogP contribution in [0.5, 0.6) is 5.75 Å². The van der Waals surface area contributed by atoms with Crippen molar-refractivity contribution in [3.63, 3.8) is 0 Å². The summed E-state index contributed by atoms with van der Waals surface area (Å²) in [6.07, 6.45) is 6.03. The van der Waals surface area contributed by atoms with E-state index in [2.05, 4.69) is 5.32 Å². The molecule has 0 unspecified atom stereocenters. The summed E-state index contributed by atoms with van der Waals surface area (Å²) in [6.45, 7) is 0.684. The molecule has 2 fully saturated rings. The Morgan fingerprint density at radius 2 is 2.12 bits per heavy atom. The van der Waals surface area contributed by atoms with Crippen molar-refractivity contribution < 1.29 is 14.3 Å². The summed E-state index contributed by atoms with van der Waals surface area (Å²) in [5, 5.41) is 2.95. The molecule has 3 N–H and O–H groups in total. The zero-order chi connectivity index (χ0) is 17.8. The lowest BCUT2D eigenvalue weighted by molar-refractivity contribution is -0.119. The van der Waals surface area contributed by atoms with Gasteiger partial charge in [0.1, 0.15) is 5.75 Å². The van der Waals surface area contributed by atoms with E-state index < -0.39 is 0 Å². The molecule has 0 bridgehead atoms. The van der Waals surface area contributed by atoms with Crippen molar-refractivity contribution in [2.24, 2.45) is 11.7 Å². The minimum atomic E-state index is -0.0246. The van der Waals surface area contributed by atoms with Gasteiger partial charge in [-0.15, -0.1) is 12.4 Å². The lowest BCUT2D eigenvalue weighted by atomic mass is 10.00. The molecule has 6 nitrogen and oxygen atoms in total. The molecular weight excluding hydrogens is 354 g/mol. The Balaban J connectivity index is 0.00000243. The first-order chi connectivity index (χ1) is 12.1. The van der Waals surface area contributed by atoms with Crippen LogP contribution in [0.1, 0.15) is 44.9 Å². The number of hydrogen-bond acceptors (Lipinski definition) is 4. The molecule has 0 radical (unpaired) electrons. The Kier molecular flexibility index (Phi) is 7.29. The first-order valence-corrected chi connectivity index (χ1v) is 9.12. The van der Waals surface area contributed by atoms with Gasteiger partial charge in [0.05, 0.1) is 12.8 Å². The van der Waals surface area contributed by atoms with Crippen molar-refractivity contribution >= 4 is 35.6 Å². The summed E-state index contributed by atoms with van der Waals surface area (Å²) >= 11 is 0. The normalized spacial score (nSPS) is 22.7. The lowest BCUT2D eigenvalue weighted by Crippen LogP contribution is -2.35. The zero-order valence-corrected chi connectivity index (χ0v) is 16.0. The molecule has 144 valence electrons. The Morgan fingerprint density at radius 1 is 1.31 bits per heavy atom. The van der Waals surface area contributed by atoms with E-state index in [1.54, 1.807) is 18.1 Å². The molecule has 1 aromatic carbocycles. The molecule has 2 amide bonds. The molecule has 3 rings (SSSR count). The van der Waals surface area contributed by atoms with Crippen molar-refractivity contribution in [1.82, 2.24) is 0 Å². The lowest BCUT2D eigenvalue weighted by Gasteiger charge is -2.28. The summed E-state index contributed by atoms with van der Waals surface area (Å²) in [6, 6.07) is 5.56. The molecule has 1 aliphatic carbocycles. The molecule has 2 aliphatic rings. The third kappa shape index (κ3) is 4.68. The molecule has 0 spiro atoms. The second-order valence-corrected chi connectivity index (χ2v) is 7.00. The van der Waals surface area contributed by atoms with Crippen LogP contribution in [0.3, 0.4) is 0 Å². The Hall–Kier alpha value is -1.79. The van der Waals surface area contributed by atoms with E-state index in [9.17, 15) is 9.59 Å². The van der Waals surface area contributed by atoms with Gasteiger partial charge < -0.3 is 20.7 Å². The highest BCUT2D eigenvalue weighted by Crippen LogP contribution is 2.34. The molecular formula is C19H28ClN3O3. The summed E-state index contributed by atoms with van der Waals surface area (Å²) < 4.78 is 5.41. The van der Waals surface area contributed by atoms with Crippen LogP contribution in [0.15, 0.2) is 18.2 Å². The highest BCUT2D eigenvalue weighted by molar-refractivity contribution is 5.97. The van der Waals surface area contributed by atoms with Crippen molar-refractivity contribution in [1.29, 1.82) is 0 Å². The van der Waals surface area contributed by atoms with Gasteiger partial charge in [-0.3, -0.25) is 9.59 Å². The summed E-state index contributed by atoms with van der Waals surface area (Å²) in [4.78, 5) is 26.3. The van der Waals surface area contributed by atoms with Crippen LogP contribution in [0.4, 0.5) is 11.4 Å². The van der Waals surface area contributed by atoms with Crippen LogP contribution in [-0.4, -0.2) is 31.5 Å². The molecule has 7 heteroatoms. The Labute approximate surface area is 160 Å². The Bertz CT molecular complexity index is 653. The van der Waals surface area contributed by atoms with E-state index in [-0.39, 0.29) is 36.2 Å². The molecule has 2 atom stereocenters. The topological polar surface area (TPSA) is 84.7 Å². The number of benzene rings is 1. The summed E-state index contributed by atoms with van der Waals surface area (Å²) in [5.41, 5.74) is 7.47. The highest BCUT2D eigenvalue weighted by Gasteiger charge is 2.27. The number of carbonyl (C=O) groups excluding carboxylic acids is 2. The number of anilines is 2. The average molecular weight is 382 g/mol. The quantitative estimate of drug-likeness (QED) is 0.820. The number of amides is 2. The van der Waals surface area contributed by atoms with Gasteiger partial charge in [-0.2, -0.15) is 0 Å². The number of ether oxygens (including phenoxy) is 1. The van der Waals surface area contributed by atoms with Gasteiger partial charge in [-0.05, 0) is 49.8 Å². The summed E-state index contributed by atoms with van der Waals surface area (Å²) in [7, 11) is 1.59. The molecule has 1 aromatic rings. The maximum atomic E-state index is 12.3. The molecule has 1 saturated carbocycles. The van der Waals surface area contributed by atoms with Gasteiger partial charge in [0.2, 0.25) is 11.8 Å². The minimum Gasteiger partial charge on any atom is -0.495 e. The molecule has 1 aliphatic heterocycles. The van der Waals surface area contributed by atoms with E-state index in [0.29, 0.717) is 30.8 Å². The van der Waals surface area contributed by atoms with Gasteiger partial charge in [-0.25, -0.2) is 0 Å². The molecule has 1 heterocycles. The summed E-state index contributed by atoms with van der Waals surface area (Å²) in [5.74, 6) is 0.987. The number of nitrogens with two attached hydrogens (primary N) is 1. The third-order valence-electron chi connectivity index (χ3n) is 5.24. The fraction of sp³-hybridized carbons (Fsp3) is 0.579. The van der Waals surface area contributed by atoms with Crippen molar-refractivity contribution in [2.45, 2.75) is 51.0 Å². The van der Waals surface area contributed by atoms with Gasteiger partial charge in [0.25, 0.3) is 0 Å². The minimum absolute atomic E-state index is 0. The van der Waals surface area contributed by atoms with Crippen LogP contribution in [0.2, 0.25) is 0 Å². The van der Waals surface area contributed by atoms with Gasteiger partial charge in [0, 0.05) is 31.1 Å². The monoisotopic (exact) mass is 381 g/mol. The average Bonchev–Trinajstić information content (AvgIpc) is 3.00. The second kappa shape index (κ2) is 9.24. The number of piperidine rings is 1. The number of hydrogen-bond donors (Lipinski definition) is 2. The van der Waals surface area contributed by atoms with Crippen LogP contribution in [0, 0.1) is 5.92 Å². The number of rotatable bonds is 5. The first-order valence-electron chi connectivity index (χ1n) is 9.12. The van der Waals surface area contributed by atoms with Crippen LogP contribution < -0.4 is 20.7 Å². The second-order valence-electron chi connectivity index (χ2n) is 7.00. The van der Waals surface area contributed by atoms with E-state index in [0.717, 1.165) is 37.8 Å². The van der Waals surface area contributed by atoms with Crippen molar-refractivity contribution in [3.8, 4) is 5.75 Å². The van der Waals surface area contributed by atoms with Crippen LogP contribution in [-0.2, 0) is 9.59 Å². The van der Waals surface area contributed by atoms with Gasteiger partial charge in [0.15, 0.2) is 0 Å². The number of carbonyl (C=O) groups is 2. The fourth-order valence-electron chi connectivity index (χ4n) is 3.81. The number of nitrogens with zero attached hydrogens (tertiary/aromatic N) is 1. The molecule has 1 saturated heterocycles. The van der Waals surface area contributed by atoms with E-state index in [1.807, 2.05) is 12.1 Å². The maximum absolute atomic E-state index is 12.3. The largest absolute Gasteiger partial charge is 0.495 e. The highest BCUT2D eigenvalue weighted by atomic mass is 35.5. The fourth-order valence-corrected chi connectivity index (χ4v) is 3.81. The van der Waals surface area contributed by atoms with Crippen molar-refractivity contribution in [2.75, 3.05) is 23.9 Å².